The maximum absolute atomic E-state index is 11.4. The number of aromatic nitrogens is 4. The molecule has 0 saturated carbocycles. The first-order chi connectivity index (χ1) is 18.5. The second-order valence-electron chi connectivity index (χ2n) is 7.95. The minimum absolute atomic E-state index is 0.455. The van der Waals surface area contributed by atoms with Crippen LogP contribution >= 0.6 is 11.6 Å². The van der Waals surface area contributed by atoms with Gasteiger partial charge in [-0.15, -0.1) is 0 Å². The number of halogens is 4. The molecule has 0 aliphatic carbocycles. The maximum Gasteiger partial charge on any atom is 0.490 e. The van der Waals surface area contributed by atoms with Gasteiger partial charge in [-0.2, -0.15) is 18.2 Å². The molecule has 0 fully saturated rings. The average Bonchev–Trinajstić information content (AvgIpc) is 3.26. The van der Waals surface area contributed by atoms with E-state index in [0.717, 1.165) is 28.1 Å². The number of carbonyl (C=O) groups is 1. The molecule has 4 N–H and O–H groups in total. The van der Waals surface area contributed by atoms with Gasteiger partial charge in [0.2, 0.25) is 5.95 Å². The number of carboxylic acid groups (broad SMARTS) is 1. The van der Waals surface area contributed by atoms with Crippen molar-refractivity contribution in [2.45, 2.75) is 13.1 Å². The summed E-state index contributed by atoms with van der Waals surface area (Å²) in [5.41, 5.74) is 5.61. The van der Waals surface area contributed by atoms with E-state index in [1.54, 1.807) is 30.6 Å². The predicted molar refractivity (Wildman–Crippen MR) is 139 cm³/mol. The fraction of sp³-hybridized carbons (Fsp3) is 0.0800. The molecule has 2 aromatic carbocycles. The van der Waals surface area contributed by atoms with E-state index in [0.29, 0.717) is 28.0 Å². The quantitative estimate of drug-likeness (QED) is 0.189. The van der Waals surface area contributed by atoms with Crippen LogP contribution in [0.4, 0.5) is 36.3 Å². The number of nitrogens with one attached hydrogen (secondary N) is 3. The Bertz CT molecular complexity index is 1670. The molecule has 5 rings (SSSR count). The fourth-order valence-electron chi connectivity index (χ4n) is 3.22. The zero-order chi connectivity index (χ0) is 28.2. The van der Waals surface area contributed by atoms with Crippen LogP contribution in [0.1, 0.15) is 5.56 Å². The third-order valence-corrected chi connectivity index (χ3v) is 5.32. The van der Waals surface area contributed by atoms with Gasteiger partial charge in [0.25, 0.3) is 0 Å². The van der Waals surface area contributed by atoms with Gasteiger partial charge in [0.15, 0.2) is 5.58 Å². The van der Waals surface area contributed by atoms with Crippen LogP contribution < -0.4 is 16.4 Å². The summed E-state index contributed by atoms with van der Waals surface area (Å²) in [6.45, 7) is 1.92. The highest BCUT2D eigenvalue weighted by atomic mass is 35.5. The minimum Gasteiger partial charge on any atom is -0.475 e. The molecule has 0 aliphatic rings. The number of H-pyrrole nitrogens is 1. The van der Waals surface area contributed by atoms with E-state index in [2.05, 4.69) is 30.6 Å². The number of pyridine rings is 1. The Morgan fingerprint density at radius 1 is 0.974 bits per heavy atom. The lowest BCUT2D eigenvalue weighted by atomic mass is 10.1. The molecule has 0 spiro atoms. The SMILES string of the molecule is Cc1cnc(Nc2ccc(-c3ccc(Cl)nc3)cc2)nc1Nc1ccc2oc(=O)[nH]c2c1.O=C(O)C(F)(F)F. The molecule has 5 aromatic rings. The van der Waals surface area contributed by atoms with Gasteiger partial charge < -0.3 is 20.2 Å². The average molecular weight is 559 g/mol. The van der Waals surface area contributed by atoms with Crippen LogP contribution in [0.3, 0.4) is 0 Å². The summed E-state index contributed by atoms with van der Waals surface area (Å²) in [5.74, 6) is -2.14. The number of carboxylic acids is 1. The first kappa shape index (κ1) is 27.1. The summed E-state index contributed by atoms with van der Waals surface area (Å²) in [4.78, 5) is 36.0. The highest BCUT2D eigenvalue weighted by Crippen LogP contribution is 2.25. The lowest BCUT2D eigenvalue weighted by molar-refractivity contribution is -0.192. The molecule has 200 valence electrons. The first-order valence-electron chi connectivity index (χ1n) is 11.0. The number of anilines is 4. The Morgan fingerprint density at radius 2 is 1.64 bits per heavy atom. The summed E-state index contributed by atoms with van der Waals surface area (Å²) < 4.78 is 36.8. The number of aromatic amines is 1. The number of hydrogen-bond acceptors (Lipinski definition) is 8. The minimum atomic E-state index is -5.08. The lowest BCUT2D eigenvalue weighted by Crippen LogP contribution is -2.21. The van der Waals surface area contributed by atoms with Gasteiger partial charge in [-0.3, -0.25) is 4.98 Å². The van der Waals surface area contributed by atoms with E-state index >= 15 is 0 Å². The number of fused-ring (bicyclic) bond motifs is 1. The second-order valence-corrected chi connectivity index (χ2v) is 8.34. The van der Waals surface area contributed by atoms with E-state index in [1.807, 2.05) is 43.3 Å². The third kappa shape index (κ3) is 7.11. The van der Waals surface area contributed by atoms with Crippen LogP contribution in [-0.2, 0) is 4.79 Å². The Labute approximate surface area is 222 Å². The van der Waals surface area contributed by atoms with E-state index in [-0.39, 0.29) is 0 Å². The first-order valence-corrected chi connectivity index (χ1v) is 11.4. The molecular formula is C25H18ClF3N6O4. The number of oxazole rings is 1. The Kier molecular flexibility index (Phi) is 7.81. The number of alkyl halides is 3. The summed E-state index contributed by atoms with van der Waals surface area (Å²) in [6, 6.07) is 16.9. The Hall–Kier alpha value is -4.91. The molecular weight excluding hydrogens is 541 g/mol. The third-order valence-electron chi connectivity index (χ3n) is 5.10. The Balaban J connectivity index is 0.000000448. The molecule has 0 radical (unpaired) electrons. The Morgan fingerprint density at radius 3 is 2.28 bits per heavy atom. The van der Waals surface area contributed by atoms with E-state index in [9.17, 15) is 18.0 Å². The van der Waals surface area contributed by atoms with Crippen molar-refractivity contribution in [3.8, 4) is 11.1 Å². The maximum atomic E-state index is 11.4. The number of aryl methyl sites for hydroxylation is 1. The molecule has 39 heavy (non-hydrogen) atoms. The number of nitrogens with zero attached hydrogens (tertiary/aromatic N) is 3. The molecule has 0 saturated heterocycles. The smallest absolute Gasteiger partial charge is 0.475 e. The zero-order valence-corrected chi connectivity index (χ0v) is 20.6. The second kappa shape index (κ2) is 11.2. The van der Waals surface area contributed by atoms with Crippen LogP contribution in [0.2, 0.25) is 5.15 Å². The topological polar surface area (TPSA) is 146 Å². The van der Waals surface area contributed by atoms with Crippen molar-refractivity contribution >= 4 is 51.8 Å². The molecule has 0 amide bonds. The number of rotatable bonds is 5. The van der Waals surface area contributed by atoms with Gasteiger partial charge in [0, 0.05) is 34.9 Å². The lowest BCUT2D eigenvalue weighted by Gasteiger charge is -2.11. The van der Waals surface area contributed by atoms with Crippen LogP contribution in [0.15, 0.2) is 76.2 Å². The van der Waals surface area contributed by atoms with Gasteiger partial charge in [-0.05, 0) is 55.0 Å². The van der Waals surface area contributed by atoms with Gasteiger partial charge in [0.05, 0.1) is 5.52 Å². The largest absolute Gasteiger partial charge is 0.490 e. The number of benzene rings is 2. The van der Waals surface area contributed by atoms with Gasteiger partial charge >= 0.3 is 17.9 Å². The zero-order valence-electron chi connectivity index (χ0n) is 19.9. The summed E-state index contributed by atoms with van der Waals surface area (Å²) in [6.07, 6.45) is -1.61. The highest BCUT2D eigenvalue weighted by molar-refractivity contribution is 6.29. The van der Waals surface area contributed by atoms with Crippen molar-refractivity contribution in [1.29, 1.82) is 0 Å². The predicted octanol–water partition coefficient (Wildman–Crippen LogP) is 6.06. The summed E-state index contributed by atoms with van der Waals surface area (Å²) in [7, 11) is 0. The van der Waals surface area contributed by atoms with E-state index < -0.39 is 17.9 Å². The molecule has 14 heteroatoms. The molecule has 3 aromatic heterocycles. The van der Waals surface area contributed by atoms with Crippen molar-refractivity contribution in [2.24, 2.45) is 0 Å². The molecule has 3 heterocycles. The van der Waals surface area contributed by atoms with E-state index in [1.165, 1.54) is 0 Å². The number of aliphatic carboxylic acids is 1. The van der Waals surface area contributed by atoms with Crippen LogP contribution in [0.5, 0.6) is 0 Å². The molecule has 0 bridgehead atoms. The molecule has 10 nitrogen and oxygen atoms in total. The van der Waals surface area contributed by atoms with Crippen molar-refractivity contribution in [3.05, 3.63) is 88.3 Å². The van der Waals surface area contributed by atoms with Crippen LogP contribution in [-0.4, -0.2) is 37.2 Å². The van der Waals surface area contributed by atoms with Gasteiger partial charge in [-0.25, -0.2) is 19.6 Å². The molecule has 0 aliphatic heterocycles. The summed E-state index contributed by atoms with van der Waals surface area (Å²) >= 11 is 5.86. The van der Waals surface area contributed by atoms with Crippen LogP contribution in [0, 0.1) is 6.92 Å². The fourth-order valence-corrected chi connectivity index (χ4v) is 3.33. The standard InChI is InChI=1S/C23H17ClN6O2.C2HF3O2/c1-13-11-26-22(28-16-5-2-14(3-6-16)15-4-9-20(24)25-12-15)30-21(13)27-17-7-8-19-18(10-17)29-23(31)32-19;3-2(4,5)1(6)7/h2-12H,1H3,(H,29,31)(H2,26,27,28,30);(H,6,7). The van der Waals surface area contributed by atoms with Gasteiger partial charge in [0.1, 0.15) is 11.0 Å². The monoisotopic (exact) mass is 558 g/mol. The molecule has 0 atom stereocenters. The number of hydrogen-bond donors (Lipinski definition) is 4. The van der Waals surface area contributed by atoms with Crippen LogP contribution in [0.25, 0.3) is 22.2 Å². The van der Waals surface area contributed by atoms with Crippen molar-refractivity contribution < 1.29 is 27.5 Å². The van der Waals surface area contributed by atoms with E-state index in [4.69, 9.17) is 25.9 Å². The molecule has 0 unspecified atom stereocenters. The van der Waals surface area contributed by atoms with Crippen molar-refractivity contribution in [2.75, 3.05) is 10.6 Å². The highest BCUT2D eigenvalue weighted by Gasteiger charge is 2.38. The van der Waals surface area contributed by atoms with Crippen molar-refractivity contribution in [3.63, 3.8) is 0 Å². The van der Waals surface area contributed by atoms with Gasteiger partial charge in [-0.1, -0.05) is 23.7 Å². The summed E-state index contributed by atoms with van der Waals surface area (Å²) in [5, 5.41) is 14.1. The normalized spacial score (nSPS) is 11.0. The van der Waals surface area contributed by atoms with Crippen molar-refractivity contribution in [1.82, 2.24) is 19.9 Å².